The molecule has 3 rings (SSSR count). The summed E-state index contributed by atoms with van der Waals surface area (Å²) in [6, 6.07) is 7.74. The van der Waals surface area contributed by atoms with E-state index in [9.17, 15) is 18.3 Å². The summed E-state index contributed by atoms with van der Waals surface area (Å²) < 4.78 is 25.1. The molecule has 0 aliphatic carbocycles. The van der Waals surface area contributed by atoms with Gasteiger partial charge in [-0.25, -0.2) is 8.42 Å². The molecule has 26 heavy (non-hydrogen) atoms. The molecule has 6 nitrogen and oxygen atoms in total. The molecule has 1 amide bonds. The molecule has 0 bridgehead atoms. The number of amides is 1. The van der Waals surface area contributed by atoms with E-state index in [1.807, 2.05) is 43.3 Å². The molecule has 1 aromatic rings. The van der Waals surface area contributed by atoms with Gasteiger partial charge in [-0.2, -0.15) is 4.31 Å². The van der Waals surface area contributed by atoms with Crippen molar-refractivity contribution in [2.75, 3.05) is 26.0 Å². The number of sulfonamides is 1. The second-order valence-electron chi connectivity index (χ2n) is 7.15. The van der Waals surface area contributed by atoms with E-state index in [0.29, 0.717) is 6.42 Å². The highest BCUT2D eigenvalue weighted by Crippen LogP contribution is 2.54. The molecule has 2 saturated heterocycles. The lowest BCUT2D eigenvalue weighted by Gasteiger charge is -2.70. The van der Waals surface area contributed by atoms with E-state index in [2.05, 4.69) is 0 Å². The zero-order valence-corrected chi connectivity index (χ0v) is 16.2. The van der Waals surface area contributed by atoms with Crippen molar-refractivity contribution in [1.29, 1.82) is 0 Å². The van der Waals surface area contributed by atoms with Crippen LogP contribution in [-0.2, 0) is 14.8 Å². The van der Waals surface area contributed by atoms with Crippen LogP contribution < -0.4 is 0 Å². The molecule has 0 aromatic heterocycles. The van der Waals surface area contributed by atoms with E-state index in [0.717, 1.165) is 11.1 Å². The molecule has 2 heterocycles. The van der Waals surface area contributed by atoms with E-state index in [1.54, 1.807) is 11.8 Å². The highest BCUT2D eigenvalue weighted by molar-refractivity contribution is 7.88. The number of nitrogens with zero attached hydrogens (tertiary/aromatic N) is 2. The highest BCUT2D eigenvalue weighted by atomic mass is 32.2. The van der Waals surface area contributed by atoms with Gasteiger partial charge in [0.2, 0.25) is 15.9 Å². The molecular formula is C19H26N2O4S. The summed E-state index contributed by atoms with van der Waals surface area (Å²) >= 11 is 0. The molecular weight excluding hydrogens is 352 g/mol. The van der Waals surface area contributed by atoms with Gasteiger partial charge in [0.05, 0.1) is 24.4 Å². The fourth-order valence-corrected chi connectivity index (χ4v) is 5.30. The largest absolute Gasteiger partial charge is 0.394 e. The van der Waals surface area contributed by atoms with Gasteiger partial charge in [0.25, 0.3) is 0 Å². The number of benzene rings is 1. The minimum Gasteiger partial charge on any atom is -0.394 e. The number of rotatable bonds is 5. The lowest BCUT2D eigenvalue weighted by molar-refractivity contribution is -0.188. The van der Waals surface area contributed by atoms with Gasteiger partial charge in [-0.05, 0) is 18.1 Å². The Hall–Kier alpha value is -1.70. The van der Waals surface area contributed by atoms with Crippen LogP contribution in [0.5, 0.6) is 0 Å². The maximum atomic E-state index is 12.5. The first-order valence-electron chi connectivity index (χ1n) is 8.89. The first-order valence-corrected chi connectivity index (χ1v) is 10.7. The Bertz CT molecular complexity index is 810. The molecule has 7 heteroatoms. The SMILES string of the molecule is C/C=C/c1ccc([C@@H]2[C@H](CO)N(C(=O)CC)C23CN(S(C)(=O)=O)C3)cc1. The number of allylic oxidation sites excluding steroid dienone is 1. The van der Waals surface area contributed by atoms with Crippen molar-refractivity contribution in [2.24, 2.45) is 0 Å². The number of hydrogen-bond acceptors (Lipinski definition) is 4. The van der Waals surface area contributed by atoms with E-state index < -0.39 is 15.6 Å². The fourth-order valence-electron chi connectivity index (χ4n) is 4.38. The third-order valence-corrected chi connectivity index (χ3v) is 6.75. The van der Waals surface area contributed by atoms with Crippen LogP contribution in [0.25, 0.3) is 6.08 Å². The second kappa shape index (κ2) is 6.79. The molecule has 142 valence electrons. The third-order valence-electron chi connectivity index (χ3n) is 5.56. The maximum Gasteiger partial charge on any atom is 0.223 e. The summed E-state index contributed by atoms with van der Waals surface area (Å²) in [4.78, 5) is 14.2. The summed E-state index contributed by atoms with van der Waals surface area (Å²) in [5, 5.41) is 9.91. The third kappa shape index (κ3) is 2.88. The average molecular weight is 378 g/mol. The second-order valence-corrected chi connectivity index (χ2v) is 9.13. The van der Waals surface area contributed by atoms with Crippen molar-refractivity contribution in [3.05, 3.63) is 41.5 Å². The van der Waals surface area contributed by atoms with Crippen LogP contribution in [0.15, 0.2) is 30.3 Å². The molecule has 2 aliphatic rings. The normalized spacial score (nSPS) is 25.3. The van der Waals surface area contributed by atoms with Gasteiger partial charge in [-0.1, -0.05) is 43.3 Å². The van der Waals surface area contributed by atoms with Gasteiger partial charge in [0.15, 0.2) is 0 Å². The minimum atomic E-state index is -3.29. The quantitative estimate of drug-likeness (QED) is 0.841. The predicted octanol–water partition coefficient (Wildman–Crippen LogP) is 1.43. The van der Waals surface area contributed by atoms with Crippen molar-refractivity contribution in [3.63, 3.8) is 0 Å². The molecule has 0 radical (unpaired) electrons. The van der Waals surface area contributed by atoms with Gasteiger partial charge in [-0.15, -0.1) is 0 Å². The van der Waals surface area contributed by atoms with Crippen LogP contribution in [-0.4, -0.2) is 66.2 Å². The van der Waals surface area contributed by atoms with E-state index >= 15 is 0 Å². The van der Waals surface area contributed by atoms with Gasteiger partial charge < -0.3 is 10.0 Å². The summed E-state index contributed by atoms with van der Waals surface area (Å²) in [5.74, 6) is -0.111. The van der Waals surface area contributed by atoms with Crippen LogP contribution in [0.2, 0.25) is 0 Å². The lowest BCUT2D eigenvalue weighted by atomic mass is 9.61. The molecule has 2 fully saturated rings. The van der Waals surface area contributed by atoms with E-state index in [-0.39, 0.29) is 37.6 Å². The minimum absolute atomic E-state index is 0.0426. The maximum absolute atomic E-state index is 12.5. The monoisotopic (exact) mass is 378 g/mol. The molecule has 2 atom stereocenters. The van der Waals surface area contributed by atoms with Crippen molar-refractivity contribution < 1.29 is 18.3 Å². The Morgan fingerprint density at radius 1 is 1.31 bits per heavy atom. The standard InChI is InChI=1S/C19H26N2O4S/c1-4-6-14-7-9-15(10-8-14)18-16(11-22)21(17(23)5-2)19(18)12-20(13-19)26(3,24)25/h4,6-10,16,18,22H,5,11-13H2,1-3H3/b6-4+/t16-,18+/m0/s1. The molecule has 1 aromatic carbocycles. The predicted molar refractivity (Wildman–Crippen MR) is 101 cm³/mol. The zero-order chi connectivity index (χ0) is 19.1. The fraction of sp³-hybridized carbons (Fsp3) is 0.526. The first-order chi connectivity index (χ1) is 12.3. The molecule has 0 saturated carbocycles. The van der Waals surface area contributed by atoms with Gasteiger partial charge in [-0.3, -0.25) is 4.79 Å². The first kappa shape index (κ1) is 19.1. The Morgan fingerprint density at radius 2 is 1.92 bits per heavy atom. The Morgan fingerprint density at radius 3 is 2.38 bits per heavy atom. The molecule has 1 N–H and O–H groups in total. The van der Waals surface area contributed by atoms with Crippen molar-refractivity contribution in [1.82, 2.24) is 9.21 Å². The van der Waals surface area contributed by atoms with Gasteiger partial charge in [0.1, 0.15) is 0 Å². The number of aliphatic hydroxyl groups is 1. The zero-order valence-electron chi connectivity index (χ0n) is 15.4. The number of aliphatic hydroxyl groups excluding tert-OH is 1. The number of likely N-dealkylation sites (tertiary alicyclic amines) is 1. The molecule has 2 aliphatic heterocycles. The van der Waals surface area contributed by atoms with Gasteiger partial charge >= 0.3 is 0 Å². The van der Waals surface area contributed by atoms with Crippen LogP contribution in [0.1, 0.15) is 37.3 Å². The molecule has 1 spiro atoms. The van der Waals surface area contributed by atoms with Crippen molar-refractivity contribution >= 4 is 22.0 Å². The van der Waals surface area contributed by atoms with Crippen LogP contribution in [0.4, 0.5) is 0 Å². The van der Waals surface area contributed by atoms with Crippen LogP contribution in [0.3, 0.4) is 0 Å². The number of carbonyl (C=O) groups is 1. The smallest absolute Gasteiger partial charge is 0.223 e. The Labute approximate surface area is 155 Å². The van der Waals surface area contributed by atoms with Crippen molar-refractivity contribution in [2.45, 2.75) is 37.8 Å². The molecule has 0 unspecified atom stereocenters. The number of carbonyl (C=O) groups excluding carboxylic acids is 1. The Balaban J connectivity index is 1.95. The summed E-state index contributed by atoms with van der Waals surface area (Å²) in [6.45, 7) is 4.19. The van der Waals surface area contributed by atoms with E-state index in [4.69, 9.17) is 0 Å². The van der Waals surface area contributed by atoms with Crippen LogP contribution >= 0.6 is 0 Å². The summed E-state index contributed by atoms with van der Waals surface area (Å²) in [6.07, 6.45) is 5.50. The average Bonchev–Trinajstić information content (AvgIpc) is 2.53. The summed E-state index contributed by atoms with van der Waals surface area (Å²) in [7, 11) is -3.29. The summed E-state index contributed by atoms with van der Waals surface area (Å²) in [5.41, 5.74) is 1.56. The van der Waals surface area contributed by atoms with Gasteiger partial charge in [0, 0.05) is 25.4 Å². The topological polar surface area (TPSA) is 77.9 Å². The number of hydrogen-bond donors (Lipinski definition) is 1. The van der Waals surface area contributed by atoms with E-state index in [1.165, 1.54) is 10.6 Å². The Kier molecular flexibility index (Phi) is 4.98. The lowest BCUT2D eigenvalue weighted by Crippen LogP contribution is -2.85. The van der Waals surface area contributed by atoms with Crippen LogP contribution in [0, 0.1) is 0 Å². The van der Waals surface area contributed by atoms with Crippen molar-refractivity contribution in [3.8, 4) is 0 Å². The highest BCUT2D eigenvalue weighted by Gasteiger charge is 2.68.